The summed E-state index contributed by atoms with van der Waals surface area (Å²) in [6.07, 6.45) is 4.17. The van der Waals surface area contributed by atoms with Gasteiger partial charge in [0.05, 0.1) is 18.4 Å². The van der Waals surface area contributed by atoms with Crippen molar-refractivity contribution in [1.82, 2.24) is 20.0 Å². The number of unbranched alkanes of at least 4 members (excludes halogenated alkanes) is 1. The Morgan fingerprint density at radius 3 is 2.67 bits per heavy atom. The number of piperazine rings is 1. The molecule has 0 atom stereocenters. The lowest BCUT2D eigenvalue weighted by atomic mass is 10.3. The van der Waals surface area contributed by atoms with E-state index in [1.807, 2.05) is 6.20 Å². The van der Waals surface area contributed by atoms with E-state index in [4.69, 9.17) is 0 Å². The van der Waals surface area contributed by atoms with Crippen molar-refractivity contribution in [2.24, 2.45) is 0 Å². The topological polar surface area (TPSA) is 53.4 Å². The molecule has 0 aliphatic carbocycles. The summed E-state index contributed by atoms with van der Waals surface area (Å²) in [6.45, 7) is 8.58. The highest BCUT2D eigenvalue weighted by molar-refractivity contribution is 5.43. The highest BCUT2D eigenvalue weighted by Gasteiger charge is 2.15. The second-order valence-corrected chi connectivity index (χ2v) is 5.67. The van der Waals surface area contributed by atoms with E-state index in [1.165, 1.54) is 12.8 Å². The summed E-state index contributed by atoms with van der Waals surface area (Å²) < 4.78 is 1.54. The smallest absolute Gasteiger partial charge is 0.268 e. The van der Waals surface area contributed by atoms with Crippen LogP contribution in [0.5, 0.6) is 0 Å². The van der Waals surface area contributed by atoms with Crippen LogP contribution in [-0.2, 0) is 6.54 Å². The standard InChI is InChI=1S/C15H27N5O/c1-3-4-5-16-6-7-20-15(21)12-14(13-17-20)19-10-8-18(2)9-11-19/h12-13,16H,3-11H2,1-2H3. The molecule has 0 spiro atoms. The number of hydrogen-bond acceptors (Lipinski definition) is 5. The Balaban J connectivity index is 1.87. The van der Waals surface area contributed by atoms with Gasteiger partial charge in [0.25, 0.3) is 5.56 Å². The number of aromatic nitrogens is 2. The van der Waals surface area contributed by atoms with Crippen LogP contribution in [-0.4, -0.2) is 61.0 Å². The maximum atomic E-state index is 12.1. The van der Waals surface area contributed by atoms with Gasteiger partial charge in [0, 0.05) is 38.8 Å². The first kappa shape index (κ1) is 16.0. The van der Waals surface area contributed by atoms with Gasteiger partial charge in [0.15, 0.2) is 0 Å². The van der Waals surface area contributed by atoms with Gasteiger partial charge in [-0.05, 0) is 20.0 Å². The summed E-state index contributed by atoms with van der Waals surface area (Å²) in [6, 6.07) is 1.71. The van der Waals surface area contributed by atoms with Crippen LogP contribution >= 0.6 is 0 Å². The summed E-state index contributed by atoms with van der Waals surface area (Å²) in [5, 5.41) is 7.63. The molecule has 1 aromatic heterocycles. The minimum atomic E-state index is -0.0104. The fourth-order valence-corrected chi connectivity index (χ4v) is 2.44. The Kier molecular flexibility index (Phi) is 6.20. The van der Waals surface area contributed by atoms with Crippen molar-refractivity contribution < 1.29 is 0 Å². The number of nitrogens with zero attached hydrogens (tertiary/aromatic N) is 4. The minimum absolute atomic E-state index is 0.0104. The molecule has 118 valence electrons. The van der Waals surface area contributed by atoms with Gasteiger partial charge in [-0.15, -0.1) is 0 Å². The van der Waals surface area contributed by atoms with Gasteiger partial charge in [-0.1, -0.05) is 13.3 Å². The first-order chi connectivity index (χ1) is 10.2. The summed E-state index contributed by atoms with van der Waals surface area (Å²) in [5.74, 6) is 0. The molecule has 6 heteroatoms. The molecule has 6 nitrogen and oxygen atoms in total. The molecule has 2 heterocycles. The summed E-state index contributed by atoms with van der Waals surface area (Å²) in [4.78, 5) is 16.6. The third-order valence-electron chi connectivity index (χ3n) is 3.93. The maximum absolute atomic E-state index is 12.1. The molecule has 0 saturated carbocycles. The fourth-order valence-electron chi connectivity index (χ4n) is 2.44. The highest BCUT2D eigenvalue weighted by atomic mass is 16.1. The van der Waals surface area contributed by atoms with Gasteiger partial charge in [-0.25, -0.2) is 4.68 Å². The molecule has 0 aromatic carbocycles. The maximum Gasteiger partial charge on any atom is 0.268 e. The van der Waals surface area contributed by atoms with E-state index >= 15 is 0 Å². The lowest BCUT2D eigenvalue weighted by Gasteiger charge is -2.33. The SMILES string of the molecule is CCCCNCCn1ncc(N2CCN(C)CC2)cc1=O. The lowest BCUT2D eigenvalue weighted by Crippen LogP contribution is -2.45. The van der Waals surface area contributed by atoms with Crippen molar-refractivity contribution in [3.63, 3.8) is 0 Å². The average molecular weight is 293 g/mol. The van der Waals surface area contributed by atoms with E-state index in [0.717, 1.165) is 45.0 Å². The van der Waals surface area contributed by atoms with Crippen molar-refractivity contribution >= 4 is 5.69 Å². The Labute approximate surface area is 126 Å². The summed E-state index contributed by atoms with van der Waals surface area (Å²) >= 11 is 0. The third kappa shape index (κ3) is 4.82. The molecule has 1 saturated heterocycles. The van der Waals surface area contributed by atoms with Crippen LogP contribution in [0.1, 0.15) is 19.8 Å². The number of likely N-dealkylation sites (N-methyl/N-ethyl adjacent to an activating group) is 1. The minimum Gasteiger partial charge on any atom is -0.368 e. The molecular formula is C15H27N5O. The summed E-state index contributed by atoms with van der Waals surface area (Å²) in [7, 11) is 2.12. The van der Waals surface area contributed by atoms with Crippen LogP contribution in [0.3, 0.4) is 0 Å². The van der Waals surface area contributed by atoms with Gasteiger partial charge in [-0.2, -0.15) is 5.10 Å². The van der Waals surface area contributed by atoms with Crippen LogP contribution in [0, 0.1) is 0 Å². The van der Waals surface area contributed by atoms with E-state index in [2.05, 4.69) is 34.2 Å². The first-order valence-electron chi connectivity index (χ1n) is 7.92. The fraction of sp³-hybridized carbons (Fsp3) is 0.733. The zero-order chi connectivity index (χ0) is 15.1. The largest absolute Gasteiger partial charge is 0.368 e. The molecule has 2 rings (SSSR count). The Morgan fingerprint density at radius 2 is 2.00 bits per heavy atom. The molecule has 1 fully saturated rings. The Hall–Kier alpha value is -1.40. The number of nitrogens with one attached hydrogen (secondary N) is 1. The van der Waals surface area contributed by atoms with Crippen LogP contribution in [0.4, 0.5) is 5.69 Å². The van der Waals surface area contributed by atoms with Crippen LogP contribution in [0.2, 0.25) is 0 Å². The van der Waals surface area contributed by atoms with Crippen molar-refractivity contribution in [3.05, 3.63) is 22.6 Å². The molecule has 1 aliphatic rings. The van der Waals surface area contributed by atoms with Gasteiger partial charge in [0.1, 0.15) is 0 Å². The second-order valence-electron chi connectivity index (χ2n) is 5.67. The van der Waals surface area contributed by atoms with E-state index in [1.54, 1.807) is 10.7 Å². The average Bonchev–Trinajstić information content (AvgIpc) is 2.49. The Bertz CT molecular complexity index is 479. The molecule has 1 N–H and O–H groups in total. The van der Waals surface area contributed by atoms with E-state index in [9.17, 15) is 4.79 Å². The molecule has 0 radical (unpaired) electrons. The molecular weight excluding hydrogens is 266 g/mol. The van der Waals surface area contributed by atoms with E-state index in [-0.39, 0.29) is 5.56 Å². The predicted molar refractivity (Wildman–Crippen MR) is 86.0 cm³/mol. The molecule has 1 aliphatic heterocycles. The monoisotopic (exact) mass is 293 g/mol. The zero-order valence-corrected chi connectivity index (χ0v) is 13.2. The van der Waals surface area contributed by atoms with Gasteiger partial charge in [0.2, 0.25) is 0 Å². The van der Waals surface area contributed by atoms with Crippen molar-refractivity contribution in [1.29, 1.82) is 0 Å². The second kappa shape index (κ2) is 8.14. The van der Waals surface area contributed by atoms with Gasteiger partial charge in [-0.3, -0.25) is 4.79 Å². The van der Waals surface area contributed by atoms with Gasteiger partial charge >= 0.3 is 0 Å². The van der Waals surface area contributed by atoms with Gasteiger partial charge < -0.3 is 15.1 Å². The van der Waals surface area contributed by atoms with Crippen molar-refractivity contribution in [2.45, 2.75) is 26.3 Å². The zero-order valence-electron chi connectivity index (χ0n) is 13.2. The molecule has 1 aromatic rings. The van der Waals surface area contributed by atoms with E-state index in [0.29, 0.717) is 6.54 Å². The molecule has 0 unspecified atom stereocenters. The molecule has 0 bridgehead atoms. The molecule has 0 amide bonds. The first-order valence-corrected chi connectivity index (χ1v) is 7.92. The van der Waals surface area contributed by atoms with Crippen LogP contribution in [0.25, 0.3) is 0 Å². The molecule has 21 heavy (non-hydrogen) atoms. The van der Waals surface area contributed by atoms with Crippen LogP contribution in [0.15, 0.2) is 17.1 Å². The predicted octanol–water partition coefficient (Wildman–Crippen LogP) is 0.385. The summed E-state index contributed by atoms with van der Waals surface area (Å²) in [5.41, 5.74) is 0.937. The number of hydrogen-bond donors (Lipinski definition) is 1. The lowest BCUT2D eigenvalue weighted by molar-refractivity contribution is 0.312. The van der Waals surface area contributed by atoms with Crippen molar-refractivity contribution in [3.8, 4) is 0 Å². The van der Waals surface area contributed by atoms with E-state index < -0.39 is 0 Å². The Morgan fingerprint density at radius 1 is 1.24 bits per heavy atom. The highest BCUT2D eigenvalue weighted by Crippen LogP contribution is 2.11. The quantitative estimate of drug-likeness (QED) is 0.737. The number of anilines is 1. The van der Waals surface area contributed by atoms with Crippen LogP contribution < -0.4 is 15.8 Å². The third-order valence-corrected chi connectivity index (χ3v) is 3.93. The normalized spacial score (nSPS) is 16.4. The van der Waals surface area contributed by atoms with Crippen molar-refractivity contribution in [2.75, 3.05) is 51.2 Å². The number of rotatable bonds is 7.